The predicted molar refractivity (Wildman–Crippen MR) is 86.3 cm³/mol. The predicted octanol–water partition coefficient (Wildman–Crippen LogP) is 2.79. The molecule has 0 saturated carbocycles. The van der Waals surface area contributed by atoms with Gasteiger partial charge in [0.2, 0.25) is 0 Å². The maximum absolute atomic E-state index is 14.1. The molecule has 0 bridgehead atoms. The molecule has 1 fully saturated rings. The van der Waals surface area contributed by atoms with Crippen molar-refractivity contribution in [3.05, 3.63) is 57.5 Å². The maximum Gasteiger partial charge on any atom is 0.335 e. The van der Waals surface area contributed by atoms with Gasteiger partial charge in [-0.3, -0.25) is 4.90 Å². The number of hydrogen-bond acceptors (Lipinski definition) is 4. The standard InChI is InChI=1S/C17H18FNO3S/c18-16-5-11(17(21)22)1-2-12(16)6-19-7-14(9-20)15(8-19)13-3-4-23-10-13/h1-5,10,14-15,20H,6-9H2,(H,21,22)/t14-,15-/m0/s1. The molecule has 0 amide bonds. The van der Waals surface area contributed by atoms with Gasteiger partial charge < -0.3 is 10.2 Å². The number of thiophene rings is 1. The molecule has 1 aromatic heterocycles. The molecule has 1 aliphatic heterocycles. The summed E-state index contributed by atoms with van der Waals surface area (Å²) in [4.78, 5) is 13.0. The molecule has 6 heteroatoms. The second-order valence-corrected chi connectivity index (χ2v) is 6.69. The number of carbonyl (C=O) groups is 1. The summed E-state index contributed by atoms with van der Waals surface area (Å²) < 4.78 is 14.1. The lowest BCUT2D eigenvalue weighted by atomic mass is 9.92. The number of halogens is 1. The number of rotatable bonds is 5. The van der Waals surface area contributed by atoms with Gasteiger partial charge in [-0.05, 0) is 34.5 Å². The molecule has 0 aliphatic carbocycles. The van der Waals surface area contributed by atoms with Crippen LogP contribution in [0.2, 0.25) is 0 Å². The van der Waals surface area contributed by atoms with E-state index in [4.69, 9.17) is 5.11 Å². The Morgan fingerprint density at radius 1 is 1.35 bits per heavy atom. The third-order valence-electron chi connectivity index (χ3n) is 4.42. The first-order valence-electron chi connectivity index (χ1n) is 7.45. The highest BCUT2D eigenvalue weighted by Crippen LogP contribution is 2.34. The average molecular weight is 335 g/mol. The Bertz CT molecular complexity index is 689. The first-order chi connectivity index (χ1) is 11.1. The topological polar surface area (TPSA) is 60.8 Å². The molecular formula is C17H18FNO3S. The highest BCUT2D eigenvalue weighted by atomic mass is 32.1. The van der Waals surface area contributed by atoms with Crippen LogP contribution in [-0.2, 0) is 6.54 Å². The zero-order chi connectivity index (χ0) is 16.4. The molecule has 2 aromatic rings. The van der Waals surface area contributed by atoms with Gasteiger partial charge in [0.15, 0.2) is 0 Å². The Hall–Kier alpha value is -1.76. The molecular weight excluding hydrogens is 317 g/mol. The van der Waals surface area contributed by atoms with Crippen LogP contribution in [0.1, 0.15) is 27.4 Å². The average Bonchev–Trinajstić information content (AvgIpc) is 3.17. The van der Waals surface area contributed by atoms with Crippen LogP contribution in [0.3, 0.4) is 0 Å². The lowest BCUT2D eigenvalue weighted by molar-refractivity contribution is 0.0696. The summed E-state index contributed by atoms with van der Waals surface area (Å²) in [6, 6.07) is 6.10. The SMILES string of the molecule is O=C(O)c1ccc(CN2C[C@@H](CO)[C@H](c3ccsc3)C2)c(F)c1. The van der Waals surface area contributed by atoms with Crippen LogP contribution in [0.5, 0.6) is 0 Å². The summed E-state index contributed by atoms with van der Waals surface area (Å²) in [7, 11) is 0. The van der Waals surface area contributed by atoms with Gasteiger partial charge in [-0.1, -0.05) is 6.07 Å². The number of carboxylic acids is 1. The van der Waals surface area contributed by atoms with Crippen LogP contribution >= 0.6 is 11.3 Å². The Morgan fingerprint density at radius 3 is 2.78 bits per heavy atom. The molecule has 1 saturated heterocycles. The summed E-state index contributed by atoms with van der Waals surface area (Å²) in [5.74, 6) is -1.22. The van der Waals surface area contributed by atoms with Gasteiger partial charge >= 0.3 is 5.97 Å². The second-order valence-electron chi connectivity index (χ2n) is 5.91. The highest BCUT2D eigenvalue weighted by molar-refractivity contribution is 7.08. The van der Waals surface area contributed by atoms with Crippen LogP contribution < -0.4 is 0 Å². The zero-order valence-electron chi connectivity index (χ0n) is 12.5. The third-order valence-corrected chi connectivity index (χ3v) is 5.12. The van der Waals surface area contributed by atoms with E-state index in [2.05, 4.69) is 16.3 Å². The number of nitrogens with zero attached hydrogens (tertiary/aromatic N) is 1. The van der Waals surface area contributed by atoms with Crippen LogP contribution in [0.15, 0.2) is 35.0 Å². The first kappa shape index (κ1) is 16.1. The van der Waals surface area contributed by atoms with E-state index in [0.29, 0.717) is 18.7 Å². The quantitative estimate of drug-likeness (QED) is 0.882. The Morgan fingerprint density at radius 2 is 2.17 bits per heavy atom. The first-order valence-corrected chi connectivity index (χ1v) is 8.39. The maximum atomic E-state index is 14.1. The van der Waals surface area contributed by atoms with Crippen molar-refractivity contribution in [1.82, 2.24) is 4.90 Å². The monoisotopic (exact) mass is 335 g/mol. The number of benzene rings is 1. The normalized spacial score (nSPS) is 21.7. The molecule has 122 valence electrons. The van der Waals surface area contributed by atoms with Crippen LogP contribution in [0, 0.1) is 11.7 Å². The zero-order valence-corrected chi connectivity index (χ0v) is 13.3. The van der Waals surface area contributed by atoms with E-state index in [0.717, 1.165) is 12.6 Å². The van der Waals surface area contributed by atoms with Crippen LogP contribution in [-0.4, -0.2) is 40.8 Å². The Kier molecular flexibility index (Phi) is 4.75. The summed E-state index contributed by atoms with van der Waals surface area (Å²) in [6.07, 6.45) is 0. The molecule has 1 aliphatic rings. The van der Waals surface area contributed by atoms with Crippen LogP contribution in [0.25, 0.3) is 0 Å². The fourth-order valence-electron chi connectivity index (χ4n) is 3.19. The molecule has 2 heterocycles. The molecule has 3 rings (SSSR count). The van der Waals surface area contributed by atoms with Gasteiger partial charge in [-0.25, -0.2) is 9.18 Å². The van der Waals surface area contributed by atoms with E-state index < -0.39 is 11.8 Å². The number of aliphatic hydroxyl groups is 1. The van der Waals surface area contributed by atoms with Gasteiger partial charge in [-0.2, -0.15) is 11.3 Å². The van der Waals surface area contributed by atoms with E-state index in [9.17, 15) is 14.3 Å². The lowest BCUT2D eigenvalue weighted by Gasteiger charge is -2.16. The number of carboxylic acid groups (broad SMARTS) is 1. The molecule has 0 radical (unpaired) electrons. The number of aromatic carboxylic acids is 1. The largest absolute Gasteiger partial charge is 0.478 e. The minimum atomic E-state index is -1.13. The molecule has 2 atom stereocenters. The summed E-state index contributed by atoms with van der Waals surface area (Å²) in [5.41, 5.74) is 1.66. The minimum Gasteiger partial charge on any atom is -0.478 e. The summed E-state index contributed by atoms with van der Waals surface area (Å²) in [6.45, 7) is 2.00. The van der Waals surface area contributed by atoms with Crippen molar-refractivity contribution in [2.24, 2.45) is 5.92 Å². The highest BCUT2D eigenvalue weighted by Gasteiger charge is 2.33. The van der Waals surface area contributed by atoms with E-state index in [-0.39, 0.29) is 24.0 Å². The van der Waals surface area contributed by atoms with Crippen molar-refractivity contribution in [2.45, 2.75) is 12.5 Å². The van der Waals surface area contributed by atoms with Gasteiger partial charge in [0.25, 0.3) is 0 Å². The van der Waals surface area contributed by atoms with E-state index in [1.807, 2.05) is 5.38 Å². The second kappa shape index (κ2) is 6.78. The minimum absolute atomic E-state index is 0.0444. The number of aliphatic hydroxyl groups excluding tert-OH is 1. The van der Waals surface area contributed by atoms with Gasteiger partial charge in [-0.15, -0.1) is 0 Å². The molecule has 1 aromatic carbocycles. The van der Waals surface area contributed by atoms with Crippen molar-refractivity contribution >= 4 is 17.3 Å². The van der Waals surface area contributed by atoms with E-state index in [1.165, 1.54) is 17.7 Å². The molecule has 2 N–H and O–H groups in total. The molecule has 0 unspecified atom stereocenters. The van der Waals surface area contributed by atoms with Gasteiger partial charge in [0.1, 0.15) is 5.82 Å². The van der Waals surface area contributed by atoms with Crippen molar-refractivity contribution in [2.75, 3.05) is 19.7 Å². The fourth-order valence-corrected chi connectivity index (χ4v) is 3.91. The third kappa shape index (κ3) is 3.44. The Labute approximate surface area is 137 Å². The number of hydrogen-bond donors (Lipinski definition) is 2. The molecule has 0 spiro atoms. The van der Waals surface area contributed by atoms with Crippen molar-refractivity contribution in [3.63, 3.8) is 0 Å². The Balaban J connectivity index is 1.73. The molecule has 23 heavy (non-hydrogen) atoms. The van der Waals surface area contributed by atoms with Crippen molar-refractivity contribution < 1.29 is 19.4 Å². The van der Waals surface area contributed by atoms with E-state index in [1.54, 1.807) is 11.3 Å². The van der Waals surface area contributed by atoms with Crippen LogP contribution in [0.4, 0.5) is 4.39 Å². The smallest absolute Gasteiger partial charge is 0.335 e. The lowest BCUT2D eigenvalue weighted by Crippen LogP contribution is -2.21. The summed E-state index contributed by atoms with van der Waals surface area (Å²) >= 11 is 1.64. The molecule has 4 nitrogen and oxygen atoms in total. The van der Waals surface area contributed by atoms with Crippen molar-refractivity contribution in [1.29, 1.82) is 0 Å². The number of likely N-dealkylation sites (tertiary alicyclic amines) is 1. The fraction of sp³-hybridized carbons (Fsp3) is 0.353. The van der Waals surface area contributed by atoms with Gasteiger partial charge in [0.05, 0.1) is 5.56 Å². The van der Waals surface area contributed by atoms with E-state index >= 15 is 0 Å². The summed E-state index contributed by atoms with van der Waals surface area (Å²) in [5, 5.41) is 22.6. The van der Waals surface area contributed by atoms with Crippen molar-refractivity contribution in [3.8, 4) is 0 Å². The van der Waals surface area contributed by atoms with Gasteiger partial charge in [0, 0.05) is 43.6 Å².